The van der Waals surface area contributed by atoms with Crippen LogP contribution < -0.4 is 5.32 Å². The summed E-state index contributed by atoms with van der Waals surface area (Å²) in [5.74, 6) is 0. The molecule has 12 heavy (non-hydrogen) atoms. The summed E-state index contributed by atoms with van der Waals surface area (Å²) in [6.07, 6.45) is 6.94. The third-order valence-electron chi connectivity index (χ3n) is 2.29. The molecule has 0 aliphatic carbocycles. The molecular weight excluding hydrogens is 148 g/mol. The molecule has 0 spiro atoms. The summed E-state index contributed by atoms with van der Waals surface area (Å²) in [5.41, 5.74) is 0. The molecule has 1 saturated heterocycles. The van der Waals surface area contributed by atoms with E-state index in [1.54, 1.807) is 0 Å². The summed E-state index contributed by atoms with van der Waals surface area (Å²) >= 11 is 0. The Morgan fingerprint density at radius 1 is 1.33 bits per heavy atom. The molecule has 1 fully saturated rings. The first-order chi connectivity index (χ1) is 5.93. The molecule has 70 valence electrons. The third-order valence-corrected chi connectivity index (χ3v) is 2.29. The third kappa shape index (κ3) is 3.88. The Morgan fingerprint density at radius 2 is 2.08 bits per heavy atom. The van der Waals surface area contributed by atoms with E-state index >= 15 is 0 Å². The minimum atomic E-state index is 1.17. The van der Waals surface area contributed by atoms with Gasteiger partial charge in [-0.15, -0.1) is 0 Å². The van der Waals surface area contributed by atoms with E-state index in [2.05, 4.69) is 29.3 Å². The van der Waals surface area contributed by atoms with Crippen molar-refractivity contribution >= 4 is 0 Å². The van der Waals surface area contributed by atoms with Gasteiger partial charge < -0.3 is 10.2 Å². The predicted molar refractivity (Wildman–Crippen MR) is 53.4 cm³/mol. The van der Waals surface area contributed by atoms with Gasteiger partial charge in [0.2, 0.25) is 0 Å². The first-order valence-electron chi connectivity index (χ1n) is 4.97. The molecule has 0 saturated carbocycles. The molecule has 0 amide bonds. The van der Waals surface area contributed by atoms with Crippen molar-refractivity contribution < 1.29 is 0 Å². The van der Waals surface area contributed by atoms with E-state index in [0.717, 1.165) is 0 Å². The van der Waals surface area contributed by atoms with Gasteiger partial charge in [-0.25, -0.2) is 0 Å². The second-order valence-electron chi connectivity index (χ2n) is 3.30. The minimum absolute atomic E-state index is 1.17. The Morgan fingerprint density at radius 3 is 2.75 bits per heavy atom. The van der Waals surface area contributed by atoms with Gasteiger partial charge in [-0.2, -0.15) is 0 Å². The first kappa shape index (κ1) is 9.75. The Bertz CT molecular complexity index is 126. The quantitative estimate of drug-likeness (QED) is 0.502. The number of hydrogen-bond acceptors (Lipinski definition) is 2. The van der Waals surface area contributed by atoms with Crippen LogP contribution in [0.15, 0.2) is 12.2 Å². The maximum Gasteiger partial charge on any atom is 0.0107 e. The van der Waals surface area contributed by atoms with Gasteiger partial charge in [0, 0.05) is 26.2 Å². The van der Waals surface area contributed by atoms with Crippen molar-refractivity contribution in [3.63, 3.8) is 0 Å². The highest BCUT2D eigenvalue weighted by Crippen LogP contribution is 1.97. The van der Waals surface area contributed by atoms with Crippen LogP contribution in [0, 0.1) is 0 Å². The maximum absolute atomic E-state index is 3.36. The lowest BCUT2D eigenvalue weighted by atomic mass is 10.2. The highest BCUT2D eigenvalue weighted by molar-refractivity contribution is 4.77. The van der Waals surface area contributed by atoms with Crippen molar-refractivity contribution in [2.24, 2.45) is 0 Å². The van der Waals surface area contributed by atoms with Crippen molar-refractivity contribution in [3.8, 4) is 0 Å². The number of piperazine rings is 1. The molecule has 1 N–H and O–H groups in total. The lowest BCUT2D eigenvalue weighted by Gasteiger charge is -2.26. The van der Waals surface area contributed by atoms with Gasteiger partial charge in [-0.05, 0) is 26.3 Å². The summed E-state index contributed by atoms with van der Waals surface area (Å²) < 4.78 is 0. The molecule has 0 aromatic carbocycles. The van der Waals surface area contributed by atoms with Crippen LogP contribution >= 0.6 is 0 Å². The number of unbranched alkanes of at least 4 members (excludes halogenated alkanes) is 1. The molecule has 0 bridgehead atoms. The number of rotatable bonds is 4. The molecule has 0 radical (unpaired) electrons. The molecule has 1 aliphatic heterocycles. The minimum Gasteiger partial charge on any atom is -0.314 e. The van der Waals surface area contributed by atoms with Gasteiger partial charge in [0.15, 0.2) is 0 Å². The van der Waals surface area contributed by atoms with E-state index < -0.39 is 0 Å². The summed E-state index contributed by atoms with van der Waals surface area (Å²) in [6, 6.07) is 0. The largest absolute Gasteiger partial charge is 0.314 e. The lowest BCUT2D eigenvalue weighted by molar-refractivity contribution is 0.239. The van der Waals surface area contributed by atoms with Crippen molar-refractivity contribution in [1.82, 2.24) is 10.2 Å². The monoisotopic (exact) mass is 168 g/mol. The van der Waals surface area contributed by atoms with Gasteiger partial charge >= 0.3 is 0 Å². The topological polar surface area (TPSA) is 15.3 Å². The van der Waals surface area contributed by atoms with Crippen LogP contribution in [0.4, 0.5) is 0 Å². The first-order valence-corrected chi connectivity index (χ1v) is 4.97. The van der Waals surface area contributed by atoms with Crippen LogP contribution in [-0.2, 0) is 0 Å². The number of nitrogens with one attached hydrogen (secondary N) is 1. The van der Waals surface area contributed by atoms with E-state index in [-0.39, 0.29) is 0 Å². The summed E-state index contributed by atoms with van der Waals surface area (Å²) in [4.78, 5) is 2.54. The van der Waals surface area contributed by atoms with Gasteiger partial charge in [-0.3, -0.25) is 0 Å². The Kier molecular flexibility index (Phi) is 5.04. The van der Waals surface area contributed by atoms with Crippen LogP contribution in [0.3, 0.4) is 0 Å². The Hall–Kier alpha value is -0.340. The molecule has 2 heteroatoms. The second kappa shape index (κ2) is 6.21. The van der Waals surface area contributed by atoms with E-state index in [0.29, 0.717) is 0 Å². The van der Waals surface area contributed by atoms with E-state index in [1.807, 2.05) is 0 Å². The van der Waals surface area contributed by atoms with Crippen LogP contribution in [0.1, 0.15) is 19.8 Å². The maximum atomic E-state index is 3.36. The van der Waals surface area contributed by atoms with Gasteiger partial charge in [-0.1, -0.05) is 12.2 Å². The fourth-order valence-electron chi connectivity index (χ4n) is 1.53. The highest BCUT2D eigenvalue weighted by atomic mass is 15.2. The number of nitrogens with zero attached hydrogens (tertiary/aromatic N) is 1. The fraction of sp³-hybridized carbons (Fsp3) is 0.800. The SMILES string of the molecule is C/C=C/CCCN1CCNCC1. The van der Waals surface area contributed by atoms with E-state index in [1.165, 1.54) is 45.6 Å². The second-order valence-corrected chi connectivity index (χ2v) is 3.30. The van der Waals surface area contributed by atoms with Crippen LogP contribution in [0.25, 0.3) is 0 Å². The average Bonchev–Trinajstić information content (AvgIpc) is 2.14. The highest BCUT2D eigenvalue weighted by Gasteiger charge is 2.07. The summed E-state index contributed by atoms with van der Waals surface area (Å²) in [7, 11) is 0. The zero-order valence-electron chi connectivity index (χ0n) is 8.05. The summed E-state index contributed by atoms with van der Waals surface area (Å²) in [5, 5.41) is 3.36. The molecule has 2 nitrogen and oxygen atoms in total. The van der Waals surface area contributed by atoms with Gasteiger partial charge in [0.05, 0.1) is 0 Å². The van der Waals surface area contributed by atoms with E-state index in [9.17, 15) is 0 Å². The van der Waals surface area contributed by atoms with Crippen molar-refractivity contribution in [1.29, 1.82) is 0 Å². The van der Waals surface area contributed by atoms with E-state index in [4.69, 9.17) is 0 Å². The van der Waals surface area contributed by atoms with Gasteiger partial charge in [0.25, 0.3) is 0 Å². The van der Waals surface area contributed by atoms with Crippen LogP contribution in [-0.4, -0.2) is 37.6 Å². The normalized spacial score (nSPS) is 20.4. The average molecular weight is 168 g/mol. The predicted octanol–water partition coefficient (Wildman–Crippen LogP) is 1.25. The van der Waals surface area contributed by atoms with Crippen molar-refractivity contribution in [2.45, 2.75) is 19.8 Å². The van der Waals surface area contributed by atoms with Crippen LogP contribution in [0.2, 0.25) is 0 Å². The summed E-state index contributed by atoms with van der Waals surface area (Å²) in [6.45, 7) is 8.16. The number of allylic oxidation sites excluding steroid dienone is 2. The zero-order chi connectivity index (χ0) is 8.65. The lowest BCUT2D eigenvalue weighted by Crippen LogP contribution is -2.43. The molecule has 1 heterocycles. The molecule has 0 aromatic heterocycles. The molecule has 1 aliphatic rings. The standard InChI is InChI=1S/C10H20N2/c1-2-3-4-5-8-12-9-6-11-7-10-12/h2-3,11H,4-10H2,1H3/b3-2+. The van der Waals surface area contributed by atoms with Crippen molar-refractivity contribution in [2.75, 3.05) is 32.7 Å². The van der Waals surface area contributed by atoms with Gasteiger partial charge in [0.1, 0.15) is 0 Å². The fourth-order valence-corrected chi connectivity index (χ4v) is 1.53. The molecule has 0 unspecified atom stereocenters. The van der Waals surface area contributed by atoms with Crippen molar-refractivity contribution in [3.05, 3.63) is 12.2 Å². The molecular formula is C10H20N2. The molecule has 0 aromatic rings. The smallest absolute Gasteiger partial charge is 0.0107 e. The van der Waals surface area contributed by atoms with Crippen LogP contribution in [0.5, 0.6) is 0 Å². The number of hydrogen-bond donors (Lipinski definition) is 1. The Balaban J connectivity index is 1.97. The molecule has 0 atom stereocenters. The zero-order valence-corrected chi connectivity index (χ0v) is 8.05. The Labute approximate surface area is 75.6 Å². The molecule has 1 rings (SSSR count).